The minimum Gasteiger partial charge on any atom is -0.431 e. The Bertz CT molecular complexity index is 605. The summed E-state index contributed by atoms with van der Waals surface area (Å²) < 4.78 is 4.85. The van der Waals surface area contributed by atoms with Crippen LogP contribution in [0, 0.1) is 22.7 Å². The molecule has 0 aromatic carbocycles. The molecule has 0 saturated heterocycles. The zero-order chi connectivity index (χ0) is 17.5. The SMILES string of the molecule is C=C1CC[C@@H]2[C@](C)(CO)[C@H](O)CC[C@@]2(C)[C@@H]1C/C=C1/C=COC1=O. The van der Waals surface area contributed by atoms with Gasteiger partial charge in [0.2, 0.25) is 0 Å². The molecule has 0 spiro atoms. The molecule has 4 nitrogen and oxygen atoms in total. The molecule has 132 valence electrons. The fourth-order valence-corrected chi connectivity index (χ4v) is 5.34. The van der Waals surface area contributed by atoms with Gasteiger partial charge in [-0.1, -0.05) is 32.1 Å². The Kier molecular flexibility index (Phi) is 4.47. The molecule has 3 rings (SSSR count). The number of carbonyl (C=O) groups is 1. The molecule has 0 aromatic rings. The average molecular weight is 332 g/mol. The Morgan fingerprint density at radius 3 is 2.79 bits per heavy atom. The van der Waals surface area contributed by atoms with Crippen LogP contribution in [-0.4, -0.2) is 28.9 Å². The molecule has 2 aliphatic carbocycles. The number of ether oxygens (including phenoxy) is 1. The number of aliphatic hydroxyl groups is 2. The summed E-state index contributed by atoms with van der Waals surface area (Å²) in [6, 6.07) is 0. The van der Waals surface area contributed by atoms with Crippen LogP contribution in [0.1, 0.15) is 46.0 Å². The van der Waals surface area contributed by atoms with Gasteiger partial charge in [-0.15, -0.1) is 0 Å². The van der Waals surface area contributed by atoms with Crippen LogP contribution in [0.4, 0.5) is 0 Å². The highest BCUT2D eigenvalue weighted by Crippen LogP contribution is 2.61. The van der Waals surface area contributed by atoms with E-state index in [1.165, 1.54) is 11.8 Å². The summed E-state index contributed by atoms with van der Waals surface area (Å²) in [6.07, 6.45) is 8.86. The number of hydrogen-bond acceptors (Lipinski definition) is 4. The maximum atomic E-state index is 11.6. The molecular weight excluding hydrogens is 304 g/mol. The van der Waals surface area contributed by atoms with Crippen molar-refractivity contribution in [3.05, 3.63) is 36.1 Å². The first-order chi connectivity index (χ1) is 11.3. The standard InChI is InChI=1S/C20H28O4/c1-13-4-7-16-19(2,10-8-17(22)20(16,3)12-21)15(13)6-5-14-9-11-24-18(14)23/h5,9,11,15-17,21-22H,1,4,6-8,10,12H2,2-3H3/b14-5-/t15-,16+,17-,19+,20+/m1/s1. The molecule has 2 saturated carbocycles. The average Bonchev–Trinajstić information content (AvgIpc) is 2.96. The van der Waals surface area contributed by atoms with Crippen LogP contribution in [0.5, 0.6) is 0 Å². The molecule has 5 atom stereocenters. The van der Waals surface area contributed by atoms with E-state index in [1.807, 2.05) is 13.0 Å². The number of carbonyl (C=O) groups excluding carboxylic acids is 1. The maximum absolute atomic E-state index is 11.6. The van der Waals surface area contributed by atoms with E-state index in [0.29, 0.717) is 12.0 Å². The molecule has 0 unspecified atom stereocenters. The summed E-state index contributed by atoms with van der Waals surface area (Å²) in [7, 11) is 0. The second-order valence-electron chi connectivity index (χ2n) is 8.13. The molecule has 0 aromatic heterocycles. The van der Waals surface area contributed by atoms with Crippen molar-refractivity contribution in [1.82, 2.24) is 0 Å². The molecule has 1 aliphatic heterocycles. The van der Waals surface area contributed by atoms with Crippen molar-refractivity contribution in [2.45, 2.75) is 52.1 Å². The van der Waals surface area contributed by atoms with Gasteiger partial charge in [-0.2, -0.15) is 0 Å². The van der Waals surface area contributed by atoms with E-state index in [4.69, 9.17) is 4.74 Å². The van der Waals surface area contributed by atoms with E-state index >= 15 is 0 Å². The molecule has 0 radical (unpaired) electrons. The molecule has 2 fully saturated rings. The van der Waals surface area contributed by atoms with Gasteiger partial charge in [0.15, 0.2) is 0 Å². The predicted octanol–water partition coefficient (Wildman–Crippen LogP) is 3.12. The van der Waals surface area contributed by atoms with Crippen molar-refractivity contribution >= 4 is 5.97 Å². The summed E-state index contributed by atoms with van der Waals surface area (Å²) in [5, 5.41) is 20.5. The molecule has 3 aliphatic rings. The van der Waals surface area contributed by atoms with Crippen LogP contribution < -0.4 is 0 Å². The van der Waals surface area contributed by atoms with Crippen molar-refractivity contribution in [1.29, 1.82) is 0 Å². The fourth-order valence-electron chi connectivity index (χ4n) is 5.34. The Hall–Kier alpha value is -1.39. The van der Waals surface area contributed by atoms with Crippen molar-refractivity contribution in [3.63, 3.8) is 0 Å². The van der Waals surface area contributed by atoms with E-state index < -0.39 is 11.5 Å². The number of cyclic esters (lactones) is 1. The number of aliphatic hydroxyl groups excluding tert-OH is 2. The van der Waals surface area contributed by atoms with E-state index in [2.05, 4.69) is 13.5 Å². The quantitative estimate of drug-likeness (QED) is 0.473. The third-order valence-electron chi connectivity index (χ3n) is 6.93. The largest absolute Gasteiger partial charge is 0.431 e. The van der Waals surface area contributed by atoms with E-state index in [9.17, 15) is 15.0 Å². The third-order valence-corrected chi connectivity index (χ3v) is 6.93. The normalized spacial score (nSPS) is 43.8. The predicted molar refractivity (Wildman–Crippen MR) is 91.8 cm³/mol. The highest BCUT2D eigenvalue weighted by Gasteiger charge is 2.57. The Balaban J connectivity index is 1.89. The molecule has 2 N–H and O–H groups in total. The number of fused-ring (bicyclic) bond motifs is 1. The number of hydrogen-bond donors (Lipinski definition) is 2. The van der Waals surface area contributed by atoms with E-state index in [-0.39, 0.29) is 29.8 Å². The van der Waals surface area contributed by atoms with Crippen molar-refractivity contribution in [2.24, 2.45) is 22.7 Å². The molecule has 1 heterocycles. The Morgan fingerprint density at radius 2 is 2.17 bits per heavy atom. The highest BCUT2D eigenvalue weighted by molar-refractivity contribution is 5.94. The summed E-state index contributed by atoms with van der Waals surface area (Å²) in [6.45, 7) is 8.59. The first kappa shape index (κ1) is 17.4. The van der Waals surface area contributed by atoms with Crippen LogP contribution in [-0.2, 0) is 9.53 Å². The van der Waals surface area contributed by atoms with Crippen LogP contribution in [0.25, 0.3) is 0 Å². The summed E-state index contributed by atoms with van der Waals surface area (Å²) in [5.74, 6) is 0.208. The molecule has 4 heteroatoms. The smallest absolute Gasteiger partial charge is 0.342 e. The van der Waals surface area contributed by atoms with E-state index in [0.717, 1.165) is 25.7 Å². The van der Waals surface area contributed by atoms with Crippen molar-refractivity contribution in [2.75, 3.05) is 6.61 Å². The lowest BCUT2D eigenvalue weighted by molar-refractivity contribution is -0.151. The first-order valence-corrected chi connectivity index (χ1v) is 8.87. The van der Waals surface area contributed by atoms with Crippen LogP contribution in [0.3, 0.4) is 0 Å². The maximum Gasteiger partial charge on any atom is 0.342 e. The van der Waals surface area contributed by atoms with Gasteiger partial charge in [-0.25, -0.2) is 4.79 Å². The first-order valence-electron chi connectivity index (χ1n) is 8.87. The third kappa shape index (κ3) is 2.56. The van der Waals surface area contributed by atoms with Crippen molar-refractivity contribution < 1.29 is 19.7 Å². The lowest BCUT2D eigenvalue weighted by Gasteiger charge is -2.59. The van der Waals surface area contributed by atoms with Gasteiger partial charge in [0.1, 0.15) is 0 Å². The fraction of sp³-hybridized carbons (Fsp3) is 0.650. The second kappa shape index (κ2) is 6.16. The molecule has 24 heavy (non-hydrogen) atoms. The Labute approximate surface area is 143 Å². The van der Waals surface area contributed by atoms with Gasteiger partial charge < -0.3 is 14.9 Å². The summed E-state index contributed by atoms with van der Waals surface area (Å²) >= 11 is 0. The zero-order valence-corrected chi connectivity index (χ0v) is 14.6. The molecule has 0 amide bonds. The van der Waals surface area contributed by atoms with Gasteiger partial charge >= 0.3 is 5.97 Å². The minimum absolute atomic E-state index is 0.00374. The van der Waals surface area contributed by atoms with E-state index in [1.54, 1.807) is 6.08 Å². The minimum atomic E-state index is -0.467. The van der Waals surface area contributed by atoms with Crippen LogP contribution in [0.2, 0.25) is 0 Å². The second-order valence-corrected chi connectivity index (χ2v) is 8.13. The van der Waals surface area contributed by atoms with Crippen LogP contribution >= 0.6 is 0 Å². The number of esters is 1. The summed E-state index contributed by atoms with van der Waals surface area (Å²) in [5.41, 5.74) is 1.34. The van der Waals surface area contributed by atoms with Gasteiger partial charge in [0, 0.05) is 5.41 Å². The van der Waals surface area contributed by atoms with Gasteiger partial charge in [0.05, 0.1) is 24.5 Å². The van der Waals surface area contributed by atoms with Gasteiger partial charge in [-0.3, -0.25) is 0 Å². The number of rotatable bonds is 3. The Morgan fingerprint density at radius 1 is 1.42 bits per heavy atom. The highest BCUT2D eigenvalue weighted by atomic mass is 16.5. The molecule has 0 bridgehead atoms. The van der Waals surface area contributed by atoms with Crippen molar-refractivity contribution in [3.8, 4) is 0 Å². The number of allylic oxidation sites excluding steroid dienone is 2. The lowest BCUT2D eigenvalue weighted by atomic mass is 9.46. The zero-order valence-electron chi connectivity index (χ0n) is 14.6. The monoisotopic (exact) mass is 332 g/mol. The molecular formula is C20H28O4. The topological polar surface area (TPSA) is 66.8 Å². The lowest BCUT2D eigenvalue weighted by Crippen LogP contribution is -2.57. The van der Waals surface area contributed by atoms with Crippen LogP contribution in [0.15, 0.2) is 36.1 Å². The van der Waals surface area contributed by atoms with Gasteiger partial charge in [-0.05, 0) is 55.4 Å². The summed E-state index contributed by atoms with van der Waals surface area (Å²) in [4.78, 5) is 11.6. The van der Waals surface area contributed by atoms with Gasteiger partial charge in [0.25, 0.3) is 0 Å².